The molecule has 0 radical (unpaired) electrons. The first-order valence-corrected chi connectivity index (χ1v) is 7.25. The van der Waals surface area contributed by atoms with E-state index in [4.69, 9.17) is 10.00 Å². The predicted octanol–water partition coefficient (Wildman–Crippen LogP) is 1.96. The van der Waals surface area contributed by atoms with Crippen LogP contribution in [-0.2, 0) is 0 Å². The molecule has 20 heavy (non-hydrogen) atoms. The van der Waals surface area contributed by atoms with Gasteiger partial charge in [-0.05, 0) is 32.5 Å². The van der Waals surface area contributed by atoms with Crippen LogP contribution in [-0.4, -0.2) is 55.7 Å². The summed E-state index contributed by atoms with van der Waals surface area (Å²) in [6.07, 6.45) is 0.994. The quantitative estimate of drug-likeness (QED) is 0.769. The van der Waals surface area contributed by atoms with Crippen molar-refractivity contribution in [3.63, 3.8) is 0 Å². The van der Waals surface area contributed by atoms with E-state index in [1.807, 2.05) is 18.2 Å². The summed E-state index contributed by atoms with van der Waals surface area (Å²) >= 11 is 0. The fraction of sp³-hybridized carbons (Fsp3) is 0.562. The molecule has 2 rings (SSSR count). The van der Waals surface area contributed by atoms with E-state index in [1.54, 1.807) is 6.07 Å². The van der Waals surface area contributed by atoms with Crippen molar-refractivity contribution >= 4 is 0 Å². The van der Waals surface area contributed by atoms with Gasteiger partial charge in [0.2, 0.25) is 0 Å². The highest BCUT2D eigenvalue weighted by atomic mass is 16.5. The molecule has 1 aromatic carbocycles. The third-order valence-electron chi connectivity index (χ3n) is 3.82. The fourth-order valence-corrected chi connectivity index (χ4v) is 2.64. The van der Waals surface area contributed by atoms with E-state index in [-0.39, 0.29) is 0 Å². The number of hydrogen-bond donors (Lipinski definition) is 0. The van der Waals surface area contributed by atoms with E-state index in [9.17, 15) is 0 Å². The minimum absolute atomic E-state index is 0.611. The molecule has 0 N–H and O–H groups in total. The largest absolute Gasteiger partial charge is 0.492 e. The lowest BCUT2D eigenvalue weighted by Gasteiger charge is -2.38. The highest BCUT2D eigenvalue weighted by Crippen LogP contribution is 2.16. The Kier molecular flexibility index (Phi) is 5.40. The molecule has 1 unspecified atom stereocenters. The Balaban J connectivity index is 1.73. The number of hydrogen-bond acceptors (Lipinski definition) is 4. The zero-order valence-electron chi connectivity index (χ0n) is 12.4. The highest BCUT2D eigenvalue weighted by molar-refractivity contribution is 5.42. The van der Waals surface area contributed by atoms with Crippen molar-refractivity contribution in [3.05, 3.63) is 29.8 Å². The first-order valence-electron chi connectivity index (χ1n) is 7.25. The average Bonchev–Trinajstić information content (AvgIpc) is 2.46. The van der Waals surface area contributed by atoms with Crippen molar-refractivity contribution < 1.29 is 4.74 Å². The van der Waals surface area contributed by atoms with E-state index in [1.165, 1.54) is 0 Å². The SMILES string of the molecule is CC1CN(C)CCN1CCCOc1ccccc1C#N. The smallest absolute Gasteiger partial charge is 0.137 e. The third kappa shape index (κ3) is 3.96. The molecule has 4 heteroatoms. The summed E-state index contributed by atoms with van der Waals surface area (Å²) in [6, 6.07) is 10.2. The van der Waals surface area contributed by atoms with Gasteiger partial charge in [0, 0.05) is 32.2 Å². The van der Waals surface area contributed by atoms with Crippen LogP contribution >= 0.6 is 0 Å². The summed E-state index contributed by atoms with van der Waals surface area (Å²) in [4.78, 5) is 4.89. The van der Waals surface area contributed by atoms with Crippen molar-refractivity contribution in [2.24, 2.45) is 0 Å². The molecular weight excluding hydrogens is 250 g/mol. The molecule has 4 nitrogen and oxygen atoms in total. The Morgan fingerprint density at radius 1 is 1.35 bits per heavy atom. The summed E-state index contributed by atoms with van der Waals surface area (Å²) in [5.41, 5.74) is 0.612. The number of benzene rings is 1. The van der Waals surface area contributed by atoms with Crippen LogP contribution in [0.4, 0.5) is 0 Å². The first kappa shape index (κ1) is 14.8. The monoisotopic (exact) mass is 273 g/mol. The second kappa shape index (κ2) is 7.28. The minimum atomic E-state index is 0.611. The Morgan fingerprint density at radius 3 is 2.90 bits per heavy atom. The van der Waals surface area contributed by atoms with Crippen molar-refractivity contribution in [1.82, 2.24) is 9.80 Å². The molecule has 0 aliphatic carbocycles. The average molecular weight is 273 g/mol. The lowest BCUT2D eigenvalue weighted by Crippen LogP contribution is -2.50. The van der Waals surface area contributed by atoms with Gasteiger partial charge in [-0.1, -0.05) is 12.1 Å². The van der Waals surface area contributed by atoms with Gasteiger partial charge in [0.1, 0.15) is 11.8 Å². The third-order valence-corrected chi connectivity index (χ3v) is 3.82. The second-order valence-electron chi connectivity index (χ2n) is 5.46. The predicted molar refractivity (Wildman–Crippen MR) is 79.8 cm³/mol. The molecule has 0 spiro atoms. The van der Waals surface area contributed by atoms with Gasteiger partial charge in [0.25, 0.3) is 0 Å². The van der Waals surface area contributed by atoms with Crippen LogP contribution in [0, 0.1) is 11.3 Å². The van der Waals surface area contributed by atoms with E-state index < -0.39 is 0 Å². The number of likely N-dealkylation sites (N-methyl/N-ethyl adjacent to an activating group) is 1. The van der Waals surface area contributed by atoms with Crippen LogP contribution in [0.2, 0.25) is 0 Å². The van der Waals surface area contributed by atoms with Gasteiger partial charge in [-0.25, -0.2) is 0 Å². The summed E-state index contributed by atoms with van der Waals surface area (Å²) in [5, 5.41) is 9.00. The number of nitriles is 1. The molecule has 1 aliphatic rings. The Bertz CT molecular complexity index is 469. The summed E-state index contributed by atoms with van der Waals surface area (Å²) in [6.45, 7) is 7.41. The van der Waals surface area contributed by atoms with Crippen LogP contribution in [0.3, 0.4) is 0 Å². The lowest BCUT2D eigenvalue weighted by atomic mass is 10.2. The van der Waals surface area contributed by atoms with E-state index in [0.29, 0.717) is 24.0 Å². The maximum atomic E-state index is 9.00. The zero-order chi connectivity index (χ0) is 14.4. The van der Waals surface area contributed by atoms with Crippen molar-refractivity contribution in [2.45, 2.75) is 19.4 Å². The van der Waals surface area contributed by atoms with Crippen LogP contribution in [0.15, 0.2) is 24.3 Å². The molecular formula is C16H23N3O. The van der Waals surface area contributed by atoms with E-state index in [0.717, 1.165) is 32.6 Å². The molecule has 1 heterocycles. The molecule has 1 saturated heterocycles. The number of piperazine rings is 1. The van der Waals surface area contributed by atoms with Crippen molar-refractivity contribution in [2.75, 3.05) is 39.8 Å². The summed E-state index contributed by atoms with van der Waals surface area (Å²) in [7, 11) is 2.18. The van der Waals surface area contributed by atoms with E-state index >= 15 is 0 Å². The normalized spacial score (nSPS) is 20.6. The van der Waals surface area contributed by atoms with Gasteiger partial charge in [-0.15, -0.1) is 0 Å². The Hall–Kier alpha value is -1.57. The van der Waals surface area contributed by atoms with Gasteiger partial charge in [-0.3, -0.25) is 4.90 Å². The maximum absolute atomic E-state index is 9.00. The standard InChI is InChI=1S/C16H23N3O/c1-14-13-18(2)9-10-19(14)8-5-11-20-16-7-4-3-6-15(16)12-17/h3-4,6-7,14H,5,8-11,13H2,1-2H3. The van der Waals surface area contributed by atoms with Crippen molar-refractivity contribution in [3.8, 4) is 11.8 Å². The Labute approximate surface area is 121 Å². The maximum Gasteiger partial charge on any atom is 0.137 e. The number of rotatable bonds is 5. The van der Waals surface area contributed by atoms with Gasteiger partial charge in [0.05, 0.1) is 12.2 Å². The summed E-state index contributed by atoms with van der Waals surface area (Å²) < 4.78 is 5.72. The molecule has 0 saturated carbocycles. The van der Waals surface area contributed by atoms with Gasteiger partial charge in [0.15, 0.2) is 0 Å². The van der Waals surface area contributed by atoms with Gasteiger partial charge >= 0.3 is 0 Å². The van der Waals surface area contributed by atoms with Crippen LogP contribution in [0.5, 0.6) is 5.75 Å². The van der Waals surface area contributed by atoms with E-state index in [2.05, 4.69) is 29.8 Å². The number of nitrogens with zero attached hydrogens (tertiary/aromatic N) is 3. The summed E-state index contributed by atoms with van der Waals surface area (Å²) in [5.74, 6) is 0.696. The molecule has 1 fully saturated rings. The fourth-order valence-electron chi connectivity index (χ4n) is 2.64. The molecule has 0 amide bonds. The van der Waals surface area contributed by atoms with Crippen LogP contribution in [0.25, 0.3) is 0 Å². The molecule has 1 aromatic rings. The second-order valence-corrected chi connectivity index (χ2v) is 5.46. The first-order chi connectivity index (χ1) is 9.70. The van der Waals surface area contributed by atoms with Gasteiger partial charge < -0.3 is 9.64 Å². The molecule has 1 atom stereocenters. The van der Waals surface area contributed by atoms with Crippen LogP contribution in [0.1, 0.15) is 18.9 Å². The molecule has 1 aliphatic heterocycles. The van der Waals surface area contributed by atoms with Gasteiger partial charge in [-0.2, -0.15) is 5.26 Å². The number of para-hydroxylation sites is 1. The zero-order valence-corrected chi connectivity index (χ0v) is 12.4. The molecule has 0 aromatic heterocycles. The highest BCUT2D eigenvalue weighted by Gasteiger charge is 2.20. The molecule has 108 valence electrons. The molecule has 0 bridgehead atoms. The van der Waals surface area contributed by atoms with Crippen LogP contribution < -0.4 is 4.74 Å². The lowest BCUT2D eigenvalue weighted by molar-refractivity contribution is 0.0945. The van der Waals surface area contributed by atoms with Crippen molar-refractivity contribution in [1.29, 1.82) is 5.26 Å². The minimum Gasteiger partial charge on any atom is -0.492 e. The topological polar surface area (TPSA) is 39.5 Å². The Morgan fingerprint density at radius 2 is 2.15 bits per heavy atom. The number of ether oxygens (including phenoxy) is 1.